The molecule has 0 fully saturated rings. The number of fused-ring (bicyclic) bond motifs is 1. The SMILES string of the molecule is COc1ccc2c(c1)C(C)(C)C(c1ccccc1)N2. The van der Waals surface area contributed by atoms with Crippen molar-refractivity contribution in [3.05, 3.63) is 59.7 Å². The van der Waals surface area contributed by atoms with Gasteiger partial charge in [-0.05, 0) is 29.3 Å². The Hall–Kier alpha value is -1.96. The maximum absolute atomic E-state index is 5.35. The number of rotatable bonds is 2. The average Bonchev–Trinajstić information content (AvgIpc) is 2.71. The normalized spacial score (nSPS) is 19.6. The number of hydrogen-bond acceptors (Lipinski definition) is 2. The molecule has 1 N–H and O–H groups in total. The topological polar surface area (TPSA) is 21.3 Å². The lowest BCUT2D eigenvalue weighted by molar-refractivity contribution is 0.411. The van der Waals surface area contributed by atoms with Gasteiger partial charge in [0.2, 0.25) is 0 Å². The molecule has 2 aromatic rings. The molecule has 1 unspecified atom stereocenters. The Kier molecular flexibility index (Phi) is 2.74. The maximum Gasteiger partial charge on any atom is 0.119 e. The van der Waals surface area contributed by atoms with Crippen molar-refractivity contribution in [3.63, 3.8) is 0 Å². The highest BCUT2D eigenvalue weighted by atomic mass is 16.5. The molecule has 0 radical (unpaired) electrons. The van der Waals surface area contributed by atoms with E-state index in [1.807, 2.05) is 6.07 Å². The van der Waals surface area contributed by atoms with Gasteiger partial charge in [-0.3, -0.25) is 0 Å². The van der Waals surface area contributed by atoms with Crippen molar-refractivity contribution in [2.45, 2.75) is 25.3 Å². The zero-order valence-corrected chi connectivity index (χ0v) is 11.6. The first-order chi connectivity index (χ1) is 9.13. The molecule has 0 bridgehead atoms. The molecule has 1 atom stereocenters. The number of ether oxygens (including phenoxy) is 1. The van der Waals surface area contributed by atoms with E-state index < -0.39 is 0 Å². The first-order valence-corrected chi connectivity index (χ1v) is 6.63. The van der Waals surface area contributed by atoms with Crippen LogP contribution in [-0.2, 0) is 5.41 Å². The number of nitrogens with one attached hydrogen (secondary N) is 1. The summed E-state index contributed by atoms with van der Waals surface area (Å²) in [6.07, 6.45) is 0. The van der Waals surface area contributed by atoms with Crippen LogP contribution in [0.4, 0.5) is 5.69 Å². The fraction of sp³-hybridized carbons (Fsp3) is 0.294. The molecule has 0 spiro atoms. The molecular formula is C17H19NO. The van der Waals surface area contributed by atoms with Gasteiger partial charge in [0.1, 0.15) is 5.75 Å². The van der Waals surface area contributed by atoms with Crippen LogP contribution >= 0.6 is 0 Å². The second-order valence-electron chi connectivity index (χ2n) is 5.62. The van der Waals surface area contributed by atoms with Crippen LogP contribution in [0.15, 0.2) is 48.5 Å². The third-order valence-corrected chi connectivity index (χ3v) is 4.08. The van der Waals surface area contributed by atoms with E-state index in [0.29, 0.717) is 6.04 Å². The second-order valence-corrected chi connectivity index (χ2v) is 5.62. The Morgan fingerprint density at radius 1 is 1.05 bits per heavy atom. The third-order valence-electron chi connectivity index (χ3n) is 4.08. The van der Waals surface area contributed by atoms with Gasteiger partial charge in [-0.2, -0.15) is 0 Å². The van der Waals surface area contributed by atoms with Crippen LogP contribution < -0.4 is 10.1 Å². The minimum Gasteiger partial charge on any atom is -0.497 e. The van der Waals surface area contributed by atoms with Crippen molar-refractivity contribution in [1.29, 1.82) is 0 Å². The highest BCUT2D eigenvalue weighted by Gasteiger charge is 2.40. The summed E-state index contributed by atoms with van der Waals surface area (Å²) in [6, 6.07) is 17.2. The Labute approximate surface area is 114 Å². The standard InChI is InChI=1S/C17H19NO/c1-17(2)14-11-13(19-3)9-10-15(14)18-16(17)12-7-5-4-6-8-12/h4-11,16,18H,1-3H3. The Morgan fingerprint density at radius 2 is 1.79 bits per heavy atom. The highest BCUT2D eigenvalue weighted by molar-refractivity contribution is 5.64. The Morgan fingerprint density at radius 3 is 2.47 bits per heavy atom. The highest BCUT2D eigenvalue weighted by Crippen LogP contribution is 2.49. The minimum absolute atomic E-state index is 0.0469. The second kappa shape index (κ2) is 4.30. The van der Waals surface area contributed by atoms with Crippen LogP contribution in [0.25, 0.3) is 0 Å². The lowest BCUT2D eigenvalue weighted by Crippen LogP contribution is -2.25. The Bertz CT molecular complexity index is 589. The lowest BCUT2D eigenvalue weighted by Gasteiger charge is -2.28. The third kappa shape index (κ3) is 1.88. The molecule has 1 aliphatic rings. The molecule has 1 aliphatic heterocycles. The molecular weight excluding hydrogens is 234 g/mol. The number of anilines is 1. The predicted molar refractivity (Wildman–Crippen MR) is 78.8 cm³/mol. The van der Waals surface area contributed by atoms with Crippen LogP contribution in [0.5, 0.6) is 5.75 Å². The molecule has 2 aromatic carbocycles. The first kappa shape index (κ1) is 12.1. The van der Waals surface area contributed by atoms with Crippen LogP contribution in [-0.4, -0.2) is 7.11 Å². The van der Waals surface area contributed by atoms with Crippen molar-refractivity contribution in [2.75, 3.05) is 12.4 Å². The van der Waals surface area contributed by atoms with Gasteiger partial charge >= 0.3 is 0 Å². The molecule has 0 amide bonds. The quantitative estimate of drug-likeness (QED) is 0.868. The molecule has 0 saturated heterocycles. The molecule has 0 aliphatic carbocycles. The van der Waals surface area contributed by atoms with Crippen molar-refractivity contribution in [3.8, 4) is 5.75 Å². The zero-order chi connectivity index (χ0) is 13.5. The first-order valence-electron chi connectivity index (χ1n) is 6.63. The monoisotopic (exact) mass is 253 g/mol. The summed E-state index contributed by atoms with van der Waals surface area (Å²) in [6.45, 7) is 4.56. The van der Waals surface area contributed by atoms with Crippen LogP contribution in [0.1, 0.15) is 31.0 Å². The number of methoxy groups -OCH3 is 1. The van der Waals surface area contributed by atoms with E-state index in [4.69, 9.17) is 4.74 Å². The van der Waals surface area contributed by atoms with Crippen LogP contribution in [0, 0.1) is 0 Å². The summed E-state index contributed by atoms with van der Waals surface area (Å²) >= 11 is 0. The molecule has 0 saturated carbocycles. The van der Waals surface area contributed by atoms with Crippen LogP contribution in [0.2, 0.25) is 0 Å². The summed E-state index contributed by atoms with van der Waals surface area (Å²) < 4.78 is 5.35. The minimum atomic E-state index is 0.0469. The van der Waals surface area contributed by atoms with E-state index in [-0.39, 0.29) is 5.41 Å². The summed E-state index contributed by atoms with van der Waals surface area (Å²) in [5.74, 6) is 0.919. The smallest absolute Gasteiger partial charge is 0.119 e. The van der Waals surface area contributed by atoms with Gasteiger partial charge in [0.25, 0.3) is 0 Å². The zero-order valence-electron chi connectivity index (χ0n) is 11.6. The summed E-state index contributed by atoms with van der Waals surface area (Å²) in [5.41, 5.74) is 3.90. The summed E-state index contributed by atoms with van der Waals surface area (Å²) in [4.78, 5) is 0. The summed E-state index contributed by atoms with van der Waals surface area (Å²) in [7, 11) is 1.71. The van der Waals surface area contributed by atoms with Gasteiger partial charge in [0, 0.05) is 11.1 Å². The molecule has 3 rings (SSSR count). The fourth-order valence-electron chi connectivity index (χ4n) is 2.95. The summed E-state index contributed by atoms with van der Waals surface area (Å²) in [5, 5.41) is 3.64. The van der Waals surface area contributed by atoms with Crippen molar-refractivity contribution in [1.82, 2.24) is 0 Å². The van der Waals surface area contributed by atoms with E-state index in [1.165, 1.54) is 16.8 Å². The molecule has 2 nitrogen and oxygen atoms in total. The van der Waals surface area contributed by atoms with E-state index in [0.717, 1.165) is 5.75 Å². The van der Waals surface area contributed by atoms with E-state index in [2.05, 4.69) is 61.6 Å². The molecule has 98 valence electrons. The van der Waals surface area contributed by atoms with Crippen molar-refractivity contribution < 1.29 is 4.74 Å². The van der Waals surface area contributed by atoms with Crippen molar-refractivity contribution in [2.24, 2.45) is 0 Å². The number of hydrogen-bond donors (Lipinski definition) is 1. The number of benzene rings is 2. The van der Waals surface area contributed by atoms with Crippen LogP contribution in [0.3, 0.4) is 0 Å². The van der Waals surface area contributed by atoms with Gasteiger partial charge in [-0.1, -0.05) is 44.2 Å². The molecule has 0 aromatic heterocycles. The predicted octanol–water partition coefficient (Wildman–Crippen LogP) is 4.14. The van der Waals surface area contributed by atoms with Gasteiger partial charge in [-0.15, -0.1) is 0 Å². The average molecular weight is 253 g/mol. The Balaban J connectivity index is 2.05. The largest absolute Gasteiger partial charge is 0.497 e. The fourth-order valence-corrected chi connectivity index (χ4v) is 2.95. The molecule has 2 heteroatoms. The molecule has 1 heterocycles. The van der Waals surface area contributed by atoms with Crippen molar-refractivity contribution >= 4 is 5.69 Å². The van der Waals surface area contributed by atoms with E-state index in [1.54, 1.807) is 7.11 Å². The maximum atomic E-state index is 5.35. The van der Waals surface area contributed by atoms with Gasteiger partial charge < -0.3 is 10.1 Å². The van der Waals surface area contributed by atoms with E-state index >= 15 is 0 Å². The van der Waals surface area contributed by atoms with Gasteiger partial charge in [0.05, 0.1) is 13.2 Å². The lowest BCUT2D eigenvalue weighted by atomic mass is 9.78. The molecule has 19 heavy (non-hydrogen) atoms. The van der Waals surface area contributed by atoms with E-state index in [9.17, 15) is 0 Å². The van der Waals surface area contributed by atoms with Gasteiger partial charge in [0.15, 0.2) is 0 Å². The van der Waals surface area contributed by atoms with Gasteiger partial charge in [-0.25, -0.2) is 0 Å².